The molecule has 2 nitrogen and oxygen atoms in total. The predicted molar refractivity (Wildman–Crippen MR) is 71.4 cm³/mol. The first kappa shape index (κ1) is 12.4. The molecule has 0 aromatic heterocycles. The number of ether oxygens (including phenoxy) is 1. The van der Waals surface area contributed by atoms with E-state index in [-0.39, 0.29) is 17.1 Å². The van der Waals surface area contributed by atoms with Crippen molar-refractivity contribution in [2.24, 2.45) is 5.73 Å². The van der Waals surface area contributed by atoms with Crippen molar-refractivity contribution in [3.63, 3.8) is 0 Å². The van der Waals surface area contributed by atoms with E-state index in [2.05, 4.69) is 52.8 Å². The highest BCUT2D eigenvalue weighted by Crippen LogP contribution is 2.40. The molecular weight excluding hydrogens is 210 g/mol. The molecule has 0 fully saturated rings. The monoisotopic (exact) mass is 233 g/mol. The van der Waals surface area contributed by atoms with Gasteiger partial charge in [-0.25, -0.2) is 0 Å². The van der Waals surface area contributed by atoms with Crippen molar-refractivity contribution in [3.05, 3.63) is 29.3 Å². The average molecular weight is 233 g/mol. The third kappa shape index (κ3) is 2.47. The Balaban J connectivity index is 2.44. The molecule has 0 amide bonds. The van der Waals surface area contributed by atoms with Gasteiger partial charge in [-0.2, -0.15) is 0 Å². The van der Waals surface area contributed by atoms with Crippen molar-refractivity contribution in [3.8, 4) is 5.75 Å². The van der Waals surface area contributed by atoms with Gasteiger partial charge in [0, 0.05) is 18.0 Å². The first-order valence-electron chi connectivity index (χ1n) is 6.28. The van der Waals surface area contributed by atoms with E-state index in [1.165, 1.54) is 5.56 Å². The second-order valence-electron chi connectivity index (χ2n) is 6.67. The maximum Gasteiger partial charge on any atom is 0.124 e. The molecule has 1 atom stereocenters. The smallest absolute Gasteiger partial charge is 0.124 e. The van der Waals surface area contributed by atoms with Crippen LogP contribution in [-0.2, 0) is 5.41 Å². The van der Waals surface area contributed by atoms with Crippen LogP contribution in [0.2, 0.25) is 0 Å². The Bertz CT molecular complexity index is 429. The van der Waals surface area contributed by atoms with Gasteiger partial charge in [0.25, 0.3) is 0 Å². The minimum atomic E-state index is -0.157. The highest BCUT2D eigenvalue weighted by Gasteiger charge is 2.32. The van der Waals surface area contributed by atoms with Crippen LogP contribution in [0.25, 0.3) is 0 Å². The van der Waals surface area contributed by atoms with Crippen molar-refractivity contribution in [2.45, 2.75) is 58.1 Å². The molecule has 2 N–H and O–H groups in total. The molecular formula is C15H23NO. The van der Waals surface area contributed by atoms with Crippen molar-refractivity contribution in [2.75, 3.05) is 0 Å². The Morgan fingerprint density at radius 1 is 1.29 bits per heavy atom. The number of hydrogen-bond donors (Lipinski definition) is 1. The summed E-state index contributed by atoms with van der Waals surface area (Å²) in [5.41, 5.74) is 8.72. The Hall–Kier alpha value is -1.02. The SMILES string of the molecule is CC1(C)CC(N)c2cc(C(C)(C)C)ccc2O1. The minimum absolute atomic E-state index is 0.0797. The predicted octanol–water partition coefficient (Wildman–Crippen LogP) is 3.55. The molecule has 1 aromatic carbocycles. The quantitative estimate of drug-likeness (QED) is 0.744. The minimum Gasteiger partial charge on any atom is -0.487 e. The second-order valence-corrected chi connectivity index (χ2v) is 6.67. The third-order valence-electron chi connectivity index (χ3n) is 3.37. The molecule has 2 rings (SSSR count). The summed E-state index contributed by atoms with van der Waals surface area (Å²) in [6.07, 6.45) is 0.869. The molecule has 0 saturated carbocycles. The zero-order valence-corrected chi connectivity index (χ0v) is 11.5. The number of hydrogen-bond acceptors (Lipinski definition) is 2. The van der Waals surface area contributed by atoms with E-state index in [9.17, 15) is 0 Å². The van der Waals surface area contributed by atoms with Crippen LogP contribution >= 0.6 is 0 Å². The number of rotatable bonds is 0. The summed E-state index contributed by atoms with van der Waals surface area (Å²) in [6, 6.07) is 6.50. The van der Waals surface area contributed by atoms with E-state index < -0.39 is 0 Å². The number of fused-ring (bicyclic) bond motifs is 1. The van der Waals surface area contributed by atoms with Gasteiger partial charge in [0.1, 0.15) is 11.4 Å². The maximum atomic E-state index is 6.25. The fraction of sp³-hybridized carbons (Fsp3) is 0.600. The van der Waals surface area contributed by atoms with E-state index >= 15 is 0 Å². The molecule has 17 heavy (non-hydrogen) atoms. The van der Waals surface area contributed by atoms with E-state index in [0.717, 1.165) is 17.7 Å². The van der Waals surface area contributed by atoms with Gasteiger partial charge in [0.15, 0.2) is 0 Å². The van der Waals surface area contributed by atoms with Crippen LogP contribution in [0.4, 0.5) is 0 Å². The lowest BCUT2D eigenvalue weighted by Gasteiger charge is -2.37. The first-order valence-corrected chi connectivity index (χ1v) is 6.28. The van der Waals surface area contributed by atoms with Gasteiger partial charge in [-0.3, -0.25) is 0 Å². The second kappa shape index (κ2) is 3.74. The zero-order valence-electron chi connectivity index (χ0n) is 11.5. The lowest BCUT2D eigenvalue weighted by atomic mass is 9.83. The molecule has 0 spiro atoms. The fourth-order valence-electron chi connectivity index (χ4n) is 2.38. The molecule has 1 aromatic rings. The van der Waals surface area contributed by atoms with Gasteiger partial charge in [0.05, 0.1) is 0 Å². The van der Waals surface area contributed by atoms with Crippen LogP contribution in [0.1, 0.15) is 58.2 Å². The molecule has 0 aliphatic carbocycles. The average Bonchev–Trinajstić information content (AvgIpc) is 2.13. The molecule has 1 aliphatic rings. The molecule has 1 unspecified atom stereocenters. The molecule has 0 bridgehead atoms. The van der Waals surface area contributed by atoms with Crippen molar-refractivity contribution < 1.29 is 4.74 Å². The lowest BCUT2D eigenvalue weighted by Crippen LogP contribution is -2.37. The van der Waals surface area contributed by atoms with Crippen molar-refractivity contribution >= 4 is 0 Å². The van der Waals surface area contributed by atoms with E-state index in [4.69, 9.17) is 10.5 Å². The van der Waals surface area contributed by atoms with Crippen LogP contribution in [0.3, 0.4) is 0 Å². The molecule has 0 radical (unpaired) electrons. The van der Waals surface area contributed by atoms with Crippen LogP contribution in [-0.4, -0.2) is 5.60 Å². The number of nitrogens with two attached hydrogens (primary N) is 1. The molecule has 1 heterocycles. The first-order chi connectivity index (χ1) is 7.69. The molecule has 2 heteroatoms. The summed E-state index contributed by atoms with van der Waals surface area (Å²) >= 11 is 0. The van der Waals surface area contributed by atoms with Gasteiger partial charge < -0.3 is 10.5 Å². The maximum absolute atomic E-state index is 6.25. The summed E-state index contributed by atoms with van der Waals surface area (Å²) in [6.45, 7) is 10.8. The lowest BCUT2D eigenvalue weighted by molar-refractivity contribution is 0.0728. The van der Waals surface area contributed by atoms with Gasteiger partial charge >= 0.3 is 0 Å². The van der Waals surface area contributed by atoms with Gasteiger partial charge in [0.2, 0.25) is 0 Å². The van der Waals surface area contributed by atoms with Crippen LogP contribution in [0.15, 0.2) is 18.2 Å². The topological polar surface area (TPSA) is 35.2 Å². The van der Waals surface area contributed by atoms with Crippen LogP contribution in [0.5, 0.6) is 5.75 Å². The summed E-state index contributed by atoms with van der Waals surface area (Å²) in [5.74, 6) is 0.946. The van der Waals surface area contributed by atoms with E-state index in [0.29, 0.717) is 0 Å². The van der Waals surface area contributed by atoms with Crippen LogP contribution in [0, 0.1) is 0 Å². The van der Waals surface area contributed by atoms with E-state index in [1.807, 2.05) is 0 Å². The molecule has 1 aliphatic heterocycles. The van der Waals surface area contributed by atoms with E-state index in [1.54, 1.807) is 0 Å². The Kier molecular flexibility index (Phi) is 2.74. The van der Waals surface area contributed by atoms with Gasteiger partial charge in [-0.05, 0) is 30.9 Å². The number of benzene rings is 1. The highest BCUT2D eigenvalue weighted by atomic mass is 16.5. The Labute approximate surface area is 104 Å². The van der Waals surface area contributed by atoms with Crippen molar-refractivity contribution in [1.82, 2.24) is 0 Å². The Morgan fingerprint density at radius 3 is 2.53 bits per heavy atom. The summed E-state index contributed by atoms with van der Waals surface area (Å²) in [7, 11) is 0. The normalized spacial score (nSPS) is 22.8. The fourth-order valence-corrected chi connectivity index (χ4v) is 2.38. The van der Waals surface area contributed by atoms with Crippen LogP contribution < -0.4 is 10.5 Å². The summed E-state index contributed by atoms with van der Waals surface area (Å²) < 4.78 is 5.98. The largest absolute Gasteiger partial charge is 0.487 e. The van der Waals surface area contributed by atoms with Gasteiger partial charge in [-0.15, -0.1) is 0 Å². The summed E-state index contributed by atoms with van der Waals surface area (Å²) in [5, 5.41) is 0. The zero-order chi connectivity index (χ0) is 12.8. The highest BCUT2D eigenvalue weighted by molar-refractivity contribution is 5.43. The Morgan fingerprint density at radius 2 is 1.94 bits per heavy atom. The van der Waals surface area contributed by atoms with Gasteiger partial charge in [-0.1, -0.05) is 32.9 Å². The standard InChI is InChI=1S/C15H23NO/c1-14(2,3)10-6-7-13-11(8-10)12(16)9-15(4,5)17-13/h6-8,12H,9,16H2,1-5H3. The molecule has 94 valence electrons. The summed E-state index contributed by atoms with van der Waals surface area (Å²) in [4.78, 5) is 0. The third-order valence-corrected chi connectivity index (χ3v) is 3.37. The van der Waals surface area contributed by atoms with Crippen molar-refractivity contribution in [1.29, 1.82) is 0 Å². The molecule has 0 saturated heterocycles.